The van der Waals surface area contributed by atoms with Crippen LogP contribution in [0, 0.1) is 5.82 Å². The van der Waals surface area contributed by atoms with Crippen molar-refractivity contribution in [3.05, 3.63) is 53.8 Å². The maximum absolute atomic E-state index is 13.1. The maximum Gasteiger partial charge on any atom is 0.241 e. The first-order valence-electron chi connectivity index (χ1n) is 8.27. The summed E-state index contributed by atoms with van der Waals surface area (Å²) in [5.74, 6) is -0.752. The second kappa shape index (κ2) is 8.05. The molecular formula is C18H22FNO5S2. The maximum atomic E-state index is 13.1. The third kappa shape index (κ3) is 4.73. The SMILES string of the molecule is CC(CO)NS(=O)(=O)c1cc(S(=O)(=O)c2ccc(F)cc2)ccc1C(C)C. The molecule has 27 heavy (non-hydrogen) atoms. The van der Waals surface area contributed by atoms with Crippen LogP contribution in [-0.4, -0.2) is 34.6 Å². The first-order chi connectivity index (χ1) is 12.5. The number of halogens is 1. The highest BCUT2D eigenvalue weighted by atomic mass is 32.2. The molecule has 0 heterocycles. The number of hydrogen-bond acceptors (Lipinski definition) is 5. The van der Waals surface area contributed by atoms with Crippen molar-refractivity contribution >= 4 is 19.9 Å². The molecule has 2 aromatic carbocycles. The van der Waals surface area contributed by atoms with Gasteiger partial charge in [-0.15, -0.1) is 0 Å². The van der Waals surface area contributed by atoms with Crippen LogP contribution < -0.4 is 4.72 Å². The molecule has 0 aromatic heterocycles. The van der Waals surface area contributed by atoms with Crippen LogP contribution in [0.2, 0.25) is 0 Å². The number of hydrogen-bond donors (Lipinski definition) is 2. The molecule has 0 amide bonds. The quantitative estimate of drug-likeness (QED) is 0.677. The topological polar surface area (TPSA) is 101 Å². The van der Waals surface area contributed by atoms with Crippen LogP contribution in [0.25, 0.3) is 0 Å². The van der Waals surface area contributed by atoms with Crippen molar-refractivity contribution < 1.29 is 26.3 Å². The number of sulfonamides is 1. The van der Waals surface area contributed by atoms with Gasteiger partial charge in [0.1, 0.15) is 5.82 Å². The predicted octanol–water partition coefficient (Wildman–Crippen LogP) is 2.44. The number of benzene rings is 2. The van der Waals surface area contributed by atoms with Crippen molar-refractivity contribution in [1.29, 1.82) is 0 Å². The Bertz CT molecular complexity index is 1020. The van der Waals surface area contributed by atoms with E-state index in [9.17, 15) is 21.2 Å². The second-order valence-electron chi connectivity index (χ2n) is 6.52. The molecule has 9 heteroatoms. The van der Waals surface area contributed by atoms with Gasteiger partial charge in [-0.3, -0.25) is 0 Å². The zero-order valence-electron chi connectivity index (χ0n) is 15.2. The van der Waals surface area contributed by atoms with Crippen molar-refractivity contribution in [2.45, 2.75) is 47.4 Å². The van der Waals surface area contributed by atoms with E-state index in [0.29, 0.717) is 5.56 Å². The van der Waals surface area contributed by atoms with Crippen molar-refractivity contribution in [1.82, 2.24) is 4.72 Å². The third-order valence-electron chi connectivity index (χ3n) is 3.96. The fourth-order valence-corrected chi connectivity index (χ4v) is 5.50. The average Bonchev–Trinajstić information content (AvgIpc) is 2.61. The van der Waals surface area contributed by atoms with E-state index in [1.165, 1.54) is 19.1 Å². The van der Waals surface area contributed by atoms with Crippen molar-refractivity contribution in [3.63, 3.8) is 0 Å². The molecule has 0 fully saturated rings. The Kier molecular flexibility index (Phi) is 6.41. The number of rotatable bonds is 7. The summed E-state index contributed by atoms with van der Waals surface area (Å²) >= 11 is 0. The second-order valence-corrected chi connectivity index (χ2v) is 10.1. The molecule has 2 N–H and O–H groups in total. The Morgan fingerprint density at radius 1 is 0.963 bits per heavy atom. The lowest BCUT2D eigenvalue weighted by Crippen LogP contribution is -2.35. The van der Waals surface area contributed by atoms with Gasteiger partial charge in [-0.25, -0.2) is 25.9 Å². The highest BCUT2D eigenvalue weighted by Gasteiger charge is 2.26. The monoisotopic (exact) mass is 415 g/mol. The normalized spacial score (nSPS) is 13.7. The van der Waals surface area contributed by atoms with Crippen molar-refractivity contribution in [3.8, 4) is 0 Å². The largest absolute Gasteiger partial charge is 0.395 e. The number of aliphatic hydroxyl groups excluding tert-OH is 1. The highest BCUT2D eigenvalue weighted by Crippen LogP contribution is 2.29. The van der Waals surface area contributed by atoms with Gasteiger partial charge in [0.2, 0.25) is 19.9 Å². The molecule has 1 atom stereocenters. The van der Waals surface area contributed by atoms with E-state index >= 15 is 0 Å². The van der Waals surface area contributed by atoms with E-state index in [1.807, 2.05) is 0 Å². The molecule has 0 aliphatic carbocycles. The molecule has 0 bridgehead atoms. The summed E-state index contributed by atoms with van der Waals surface area (Å²) in [4.78, 5) is -0.516. The fraction of sp³-hybridized carbons (Fsp3) is 0.333. The highest BCUT2D eigenvalue weighted by molar-refractivity contribution is 7.91. The molecule has 0 spiro atoms. The van der Waals surface area contributed by atoms with E-state index in [-0.39, 0.29) is 20.6 Å². The van der Waals surface area contributed by atoms with Crippen LogP contribution in [0.4, 0.5) is 4.39 Å². The van der Waals surface area contributed by atoms with Crippen LogP contribution in [0.1, 0.15) is 32.3 Å². The molecule has 0 saturated carbocycles. The van der Waals surface area contributed by atoms with Crippen molar-refractivity contribution in [2.75, 3.05) is 6.61 Å². The summed E-state index contributed by atoms with van der Waals surface area (Å²) in [6.07, 6.45) is 0. The Balaban J connectivity index is 2.63. The van der Waals surface area contributed by atoms with E-state index in [4.69, 9.17) is 5.11 Å². The van der Waals surface area contributed by atoms with Gasteiger partial charge in [0.05, 0.1) is 21.3 Å². The van der Waals surface area contributed by atoms with Gasteiger partial charge < -0.3 is 5.11 Å². The average molecular weight is 416 g/mol. The lowest BCUT2D eigenvalue weighted by Gasteiger charge is -2.18. The fourth-order valence-electron chi connectivity index (χ4n) is 2.51. The van der Waals surface area contributed by atoms with Gasteiger partial charge in [0.15, 0.2) is 0 Å². The molecular weight excluding hydrogens is 393 g/mol. The molecule has 0 saturated heterocycles. The smallest absolute Gasteiger partial charge is 0.241 e. The lowest BCUT2D eigenvalue weighted by atomic mass is 10.0. The zero-order valence-corrected chi connectivity index (χ0v) is 16.8. The summed E-state index contributed by atoms with van der Waals surface area (Å²) < 4.78 is 66.5. The standard InChI is InChI=1S/C18H22FNO5S2/c1-12(2)17-9-8-16(10-18(17)27(24,25)20-13(3)11-21)26(22,23)15-6-4-14(19)5-7-15/h4-10,12-13,20-21H,11H2,1-3H3. The zero-order chi connectivity index (χ0) is 20.4. The third-order valence-corrected chi connectivity index (χ3v) is 7.37. The van der Waals surface area contributed by atoms with Gasteiger partial charge in [0, 0.05) is 6.04 Å². The van der Waals surface area contributed by atoms with Crippen LogP contribution in [-0.2, 0) is 19.9 Å². The van der Waals surface area contributed by atoms with E-state index in [1.54, 1.807) is 13.8 Å². The summed E-state index contributed by atoms with van der Waals surface area (Å²) in [6, 6.07) is 7.46. The molecule has 2 rings (SSSR count). The van der Waals surface area contributed by atoms with Gasteiger partial charge >= 0.3 is 0 Å². The van der Waals surface area contributed by atoms with Gasteiger partial charge in [-0.2, -0.15) is 0 Å². The summed E-state index contributed by atoms with van der Waals surface area (Å²) in [5.41, 5.74) is 0.450. The van der Waals surface area contributed by atoms with E-state index in [2.05, 4.69) is 4.72 Å². The number of sulfone groups is 1. The van der Waals surface area contributed by atoms with Gasteiger partial charge in [0.25, 0.3) is 0 Å². The van der Waals surface area contributed by atoms with E-state index in [0.717, 1.165) is 30.3 Å². The minimum Gasteiger partial charge on any atom is -0.395 e. The minimum absolute atomic E-state index is 0.138. The minimum atomic E-state index is -4.05. The Morgan fingerprint density at radius 2 is 1.52 bits per heavy atom. The molecule has 0 radical (unpaired) electrons. The van der Waals surface area contributed by atoms with Crippen molar-refractivity contribution in [2.24, 2.45) is 0 Å². The van der Waals surface area contributed by atoms with Crippen LogP contribution in [0.15, 0.2) is 57.2 Å². The van der Waals surface area contributed by atoms with Crippen LogP contribution in [0.3, 0.4) is 0 Å². The summed E-state index contributed by atoms with van der Waals surface area (Å²) in [5, 5.41) is 9.12. The summed E-state index contributed by atoms with van der Waals surface area (Å²) in [6.45, 7) is 4.67. The Labute approximate surface area is 159 Å². The molecule has 1 unspecified atom stereocenters. The van der Waals surface area contributed by atoms with Gasteiger partial charge in [-0.05, 0) is 54.8 Å². The molecule has 2 aromatic rings. The number of aliphatic hydroxyl groups is 1. The molecule has 0 aliphatic rings. The van der Waals surface area contributed by atoms with Crippen LogP contribution in [0.5, 0.6) is 0 Å². The van der Waals surface area contributed by atoms with Gasteiger partial charge in [-0.1, -0.05) is 19.9 Å². The predicted molar refractivity (Wildman–Crippen MR) is 99.3 cm³/mol. The number of nitrogens with one attached hydrogen (secondary N) is 1. The van der Waals surface area contributed by atoms with Crippen LogP contribution >= 0.6 is 0 Å². The van der Waals surface area contributed by atoms with E-state index < -0.39 is 38.3 Å². The Hall–Kier alpha value is -1.81. The first kappa shape index (κ1) is 21.5. The molecule has 6 nitrogen and oxygen atoms in total. The molecule has 148 valence electrons. The lowest BCUT2D eigenvalue weighted by molar-refractivity contribution is 0.265. The Morgan fingerprint density at radius 3 is 2.04 bits per heavy atom. The molecule has 0 aliphatic heterocycles. The summed E-state index contributed by atoms with van der Waals surface area (Å²) in [7, 11) is -8.08. The first-order valence-corrected chi connectivity index (χ1v) is 11.2.